The number of hydrogen-bond donors (Lipinski definition) is 0. The van der Waals surface area contributed by atoms with Crippen molar-refractivity contribution in [1.29, 1.82) is 0 Å². The Hall–Kier alpha value is -1.39. The van der Waals surface area contributed by atoms with Gasteiger partial charge in [-0.1, -0.05) is 11.6 Å². The second kappa shape index (κ2) is 6.58. The number of imidazole rings is 1. The highest BCUT2D eigenvalue weighted by atomic mass is 35.5. The molecule has 1 atom stereocenters. The van der Waals surface area contributed by atoms with Crippen LogP contribution in [0, 0.1) is 11.7 Å². The molecular formula is C16H18ClFN2O. The first-order valence-corrected chi connectivity index (χ1v) is 7.66. The highest BCUT2D eigenvalue weighted by molar-refractivity contribution is 6.31. The summed E-state index contributed by atoms with van der Waals surface area (Å²) in [5.74, 6) is 1.04. The van der Waals surface area contributed by atoms with Gasteiger partial charge < -0.3 is 9.30 Å². The summed E-state index contributed by atoms with van der Waals surface area (Å²) in [6.45, 7) is 2.63. The molecular weight excluding hydrogens is 291 g/mol. The molecule has 0 saturated carbocycles. The molecule has 2 heterocycles. The third kappa shape index (κ3) is 3.44. The van der Waals surface area contributed by atoms with Crippen LogP contribution in [0.5, 0.6) is 0 Å². The molecule has 21 heavy (non-hydrogen) atoms. The standard InChI is InChI=1S/C16H18ClFN2O/c17-14-10-13(3-4-15(14)18)16-19-6-8-20(16)7-5-12-2-1-9-21-11-12/h3-4,6,8,10,12H,1-2,5,7,9,11H2. The van der Waals surface area contributed by atoms with Gasteiger partial charge in [-0.15, -0.1) is 0 Å². The van der Waals surface area contributed by atoms with E-state index in [1.807, 2.05) is 6.20 Å². The number of benzene rings is 1. The van der Waals surface area contributed by atoms with Crippen molar-refractivity contribution in [3.05, 3.63) is 41.4 Å². The average molecular weight is 309 g/mol. The van der Waals surface area contributed by atoms with Gasteiger partial charge in [0.15, 0.2) is 0 Å². The molecule has 0 amide bonds. The summed E-state index contributed by atoms with van der Waals surface area (Å²) in [7, 11) is 0. The second-order valence-corrected chi connectivity index (χ2v) is 5.85. The van der Waals surface area contributed by atoms with Crippen molar-refractivity contribution in [2.45, 2.75) is 25.8 Å². The van der Waals surface area contributed by atoms with Gasteiger partial charge in [0, 0.05) is 37.7 Å². The monoisotopic (exact) mass is 308 g/mol. The van der Waals surface area contributed by atoms with E-state index in [9.17, 15) is 4.39 Å². The van der Waals surface area contributed by atoms with E-state index in [1.54, 1.807) is 18.3 Å². The largest absolute Gasteiger partial charge is 0.381 e. The summed E-state index contributed by atoms with van der Waals surface area (Å²) in [6, 6.07) is 4.72. The van der Waals surface area contributed by atoms with Crippen molar-refractivity contribution in [3.63, 3.8) is 0 Å². The van der Waals surface area contributed by atoms with Crippen LogP contribution in [0.3, 0.4) is 0 Å². The maximum atomic E-state index is 13.3. The normalized spacial score (nSPS) is 18.9. The number of ether oxygens (including phenoxy) is 1. The number of hydrogen-bond acceptors (Lipinski definition) is 2. The molecule has 5 heteroatoms. The van der Waals surface area contributed by atoms with Crippen LogP contribution in [-0.4, -0.2) is 22.8 Å². The molecule has 1 aromatic heterocycles. The molecule has 3 rings (SSSR count). The lowest BCUT2D eigenvalue weighted by Crippen LogP contribution is -2.19. The van der Waals surface area contributed by atoms with Gasteiger partial charge in [-0.05, 0) is 43.4 Å². The predicted molar refractivity (Wildman–Crippen MR) is 80.8 cm³/mol. The fraction of sp³-hybridized carbons (Fsp3) is 0.438. The fourth-order valence-corrected chi connectivity index (χ4v) is 2.92. The fourth-order valence-electron chi connectivity index (χ4n) is 2.74. The molecule has 1 aliphatic rings. The van der Waals surface area contributed by atoms with Crippen molar-refractivity contribution < 1.29 is 9.13 Å². The summed E-state index contributed by atoms with van der Waals surface area (Å²) in [4.78, 5) is 4.37. The highest BCUT2D eigenvalue weighted by Gasteiger charge is 2.15. The quantitative estimate of drug-likeness (QED) is 0.848. The molecule has 1 fully saturated rings. The van der Waals surface area contributed by atoms with Crippen LogP contribution in [0.2, 0.25) is 5.02 Å². The number of nitrogens with zero attached hydrogens (tertiary/aromatic N) is 2. The van der Waals surface area contributed by atoms with Crippen molar-refractivity contribution >= 4 is 11.6 Å². The smallest absolute Gasteiger partial charge is 0.141 e. The maximum absolute atomic E-state index is 13.3. The Bertz CT molecular complexity index is 608. The Kier molecular flexibility index (Phi) is 4.56. The van der Waals surface area contributed by atoms with E-state index < -0.39 is 5.82 Å². The zero-order chi connectivity index (χ0) is 14.7. The number of rotatable bonds is 4. The van der Waals surface area contributed by atoms with Crippen LogP contribution in [0.1, 0.15) is 19.3 Å². The van der Waals surface area contributed by atoms with Crippen LogP contribution in [0.4, 0.5) is 4.39 Å². The molecule has 1 saturated heterocycles. The summed E-state index contributed by atoms with van der Waals surface area (Å²) in [6.07, 6.45) is 7.17. The Labute approximate surface area is 128 Å². The van der Waals surface area contributed by atoms with Gasteiger partial charge in [0.1, 0.15) is 11.6 Å². The zero-order valence-corrected chi connectivity index (χ0v) is 12.5. The van der Waals surface area contributed by atoms with E-state index in [-0.39, 0.29) is 5.02 Å². The first-order valence-electron chi connectivity index (χ1n) is 7.28. The summed E-state index contributed by atoms with van der Waals surface area (Å²) < 4.78 is 20.9. The molecule has 0 spiro atoms. The van der Waals surface area contributed by atoms with Crippen LogP contribution < -0.4 is 0 Å². The summed E-state index contributed by atoms with van der Waals surface area (Å²) >= 11 is 5.85. The molecule has 0 bridgehead atoms. The molecule has 1 unspecified atom stereocenters. The summed E-state index contributed by atoms with van der Waals surface area (Å²) in [5.41, 5.74) is 0.839. The van der Waals surface area contributed by atoms with Crippen molar-refractivity contribution in [1.82, 2.24) is 9.55 Å². The van der Waals surface area contributed by atoms with Crippen LogP contribution in [0.15, 0.2) is 30.6 Å². The lowest BCUT2D eigenvalue weighted by Gasteiger charge is -2.22. The zero-order valence-electron chi connectivity index (χ0n) is 11.8. The van der Waals surface area contributed by atoms with Gasteiger partial charge in [0.25, 0.3) is 0 Å². The van der Waals surface area contributed by atoms with E-state index in [4.69, 9.17) is 16.3 Å². The van der Waals surface area contributed by atoms with E-state index in [1.165, 1.54) is 12.5 Å². The Morgan fingerprint density at radius 1 is 1.43 bits per heavy atom. The molecule has 1 aliphatic heterocycles. The van der Waals surface area contributed by atoms with Crippen molar-refractivity contribution in [2.24, 2.45) is 5.92 Å². The molecule has 2 aromatic rings. The molecule has 0 aliphatic carbocycles. The second-order valence-electron chi connectivity index (χ2n) is 5.44. The SMILES string of the molecule is Fc1ccc(-c2nccn2CCC2CCCOC2)cc1Cl. The van der Waals surface area contributed by atoms with Crippen LogP contribution in [-0.2, 0) is 11.3 Å². The maximum Gasteiger partial charge on any atom is 0.141 e. The van der Waals surface area contributed by atoms with Gasteiger partial charge in [-0.25, -0.2) is 9.37 Å². The van der Waals surface area contributed by atoms with Crippen LogP contribution in [0.25, 0.3) is 11.4 Å². The molecule has 1 aromatic carbocycles. The average Bonchev–Trinajstić information content (AvgIpc) is 2.97. The van der Waals surface area contributed by atoms with E-state index >= 15 is 0 Å². The number of aromatic nitrogens is 2. The first-order chi connectivity index (χ1) is 10.2. The third-order valence-corrected chi connectivity index (χ3v) is 4.22. The topological polar surface area (TPSA) is 27.1 Å². The van der Waals surface area contributed by atoms with E-state index in [0.29, 0.717) is 5.92 Å². The highest BCUT2D eigenvalue weighted by Crippen LogP contribution is 2.25. The van der Waals surface area contributed by atoms with Crippen molar-refractivity contribution in [2.75, 3.05) is 13.2 Å². The Balaban J connectivity index is 1.72. The third-order valence-electron chi connectivity index (χ3n) is 3.93. The Morgan fingerprint density at radius 3 is 3.10 bits per heavy atom. The molecule has 0 radical (unpaired) electrons. The summed E-state index contributed by atoms with van der Waals surface area (Å²) in [5, 5.41) is 0.128. The minimum absolute atomic E-state index is 0.128. The lowest BCUT2D eigenvalue weighted by atomic mass is 9.99. The van der Waals surface area contributed by atoms with Crippen molar-refractivity contribution in [3.8, 4) is 11.4 Å². The minimum Gasteiger partial charge on any atom is -0.381 e. The molecule has 0 N–H and O–H groups in total. The lowest BCUT2D eigenvalue weighted by molar-refractivity contribution is 0.0501. The van der Waals surface area contributed by atoms with Gasteiger partial charge >= 0.3 is 0 Å². The molecule has 112 valence electrons. The number of aryl methyl sites for hydroxylation is 1. The van der Waals surface area contributed by atoms with Gasteiger partial charge in [-0.3, -0.25) is 0 Å². The van der Waals surface area contributed by atoms with E-state index in [2.05, 4.69) is 9.55 Å². The molecule has 3 nitrogen and oxygen atoms in total. The minimum atomic E-state index is -0.405. The van der Waals surface area contributed by atoms with Crippen LogP contribution >= 0.6 is 11.6 Å². The van der Waals surface area contributed by atoms with Gasteiger partial charge in [-0.2, -0.15) is 0 Å². The Morgan fingerprint density at radius 2 is 2.33 bits per heavy atom. The van der Waals surface area contributed by atoms with Gasteiger partial charge in [0.2, 0.25) is 0 Å². The van der Waals surface area contributed by atoms with Gasteiger partial charge in [0.05, 0.1) is 5.02 Å². The van der Waals surface area contributed by atoms with E-state index in [0.717, 1.165) is 44.0 Å². The number of halogens is 2. The first kappa shape index (κ1) is 14.5. The predicted octanol–water partition coefficient (Wildman–Crippen LogP) is 4.16.